The molecule has 2 aromatic heterocycles. The minimum atomic E-state index is -3.94. The van der Waals surface area contributed by atoms with Crippen LogP contribution in [0.5, 0.6) is 0 Å². The van der Waals surface area contributed by atoms with Crippen molar-refractivity contribution in [3.05, 3.63) is 54.7 Å². The zero-order valence-electron chi connectivity index (χ0n) is 16.1. The van der Waals surface area contributed by atoms with E-state index in [0.29, 0.717) is 5.56 Å². The summed E-state index contributed by atoms with van der Waals surface area (Å²) in [7, 11) is -3.94. The summed E-state index contributed by atoms with van der Waals surface area (Å²) in [5, 5.41) is 8.01. The third-order valence-corrected chi connectivity index (χ3v) is 7.25. The Balaban J connectivity index is 1.71. The second-order valence-electron chi connectivity index (χ2n) is 7.06. The van der Waals surface area contributed by atoms with Crippen molar-refractivity contribution in [1.29, 1.82) is 0 Å². The Morgan fingerprint density at radius 2 is 1.97 bits per heavy atom. The van der Waals surface area contributed by atoms with Gasteiger partial charge in [0.15, 0.2) is 5.03 Å². The van der Waals surface area contributed by atoms with E-state index in [1.165, 1.54) is 30.7 Å². The van der Waals surface area contributed by atoms with Crippen LogP contribution in [-0.4, -0.2) is 57.8 Å². The van der Waals surface area contributed by atoms with Gasteiger partial charge in [0, 0.05) is 30.4 Å². The highest BCUT2D eigenvalue weighted by Gasteiger charge is 2.38. The summed E-state index contributed by atoms with van der Waals surface area (Å²) in [5.74, 6) is -0.402. The minimum Gasteiger partial charge on any atom is -0.465 e. The lowest BCUT2D eigenvalue weighted by molar-refractivity contribution is 0.156. The molecule has 31 heavy (non-hydrogen) atoms. The molecule has 3 heterocycles. The normalized spacial score (nSPS) is 16.4. The topological polar surface area (TPSA) is 139 Å². The van der Waals surface area contributed by atoms with Crippen LogP contribution in [0.25, 0.3) is 22.4 Å². The lowest BCUT2D eigenvalue weighted by Gasteiger charge is -2.15. The van der Waals surface area contributed by atoms with Crippen molar-refractivity contribution in [3.63, 3.8) is 0 Å². The van der Waals surface area contributed by atoms with E-state index in [4.69, 9.17) is 10.8 Å². The number of likely N-dealkylation sites (tertiary alicyclic amines) is 1. The molecular weight excluding hydrogens is 425 g/mol. The molecule has 4 rings (SSSR count). The predicted molar refractivity (Wildman–Crippen MR) is 110 cm³/mol. The second kappa shape index (κ2) is 7.91. The first kappa shape index (κ1) is 20.7. The molecule has 0 saturated carbocycles. The van der Waals surface area contributed by atoms with E-state index in [2.05, 4.69) is 15.0 Å². The molecule has 0 aliphatic carbocycles. The van der Waals surface area contributed by atoms with Crippen LogP contribution < -0.4 is 5.73 Å². The van der Waals surface area contributed by atoms with Crippen molar-refractivity contribution in [1.82, 2.24) is 19.9 Å². The largest absolute Gasteiger partial charge is 0.465 e. The molecule has 3 N–H and O–H groups in total. The molecule has 3 aromatic rings. The van der Waals surface area contributed by atoms with Crippen LogP contribution in [0.15, 0.2) is 53.9 Å². The highest BCUT2D eigenvalue weighted by atomic mass is 32.2. The Morgan fingerprint density at radius 1 is 1.16 bits per heavy atom. The number of nitrogens with zero attached hydrogens (tertiary/aromatic N) is 4. The summed E-state index contributed by atoms with van der Waals surface area (Å²) < 4.78 is 41.2. The molecule has 0 radical (unpaired) electrons. The zero-order chi connectivity index (χ0) is 22.2. The van der Waals surface area contributed by atoms with E-state index in [1.54, 1.807) is 18.2 Å². The predicted octanol–water partition coefficient (Wildman–Crippen LogP) is 2.45. The van der Waals surface area contributed by atoms with Crippen LogP contribution in [0.4, 0.5) is 15.0 Å². The summed E-state index contributed by atoms with van der Waals surface area (Å²) in [6, 6.07) is 7.37. The first-order valence-corrected chi connectivity index (χ1v) is 10.9. The number of rotatable bonds is 4. The van der Waals surface area contributed by atoms with E-state index in [9.17, 15) is 17.6 Å². The van der Waals surface area contributed by atoms with E-state index in [-0.39, 0.29) is 47.2 Å². The Kier molecular flexibility index (Phi) is 5.27. The number of sulfone groups is 1. The highest BCUT2D eigenvalue weighted by Crippen LogP contribution is 2.33. The summed E-state index contributed by atoms with van der Waals surface area (Å²) >= 11 is 0. The molecule has 0 spiro atoms. The standard InChI is InChI=1S/C20H18FN5O4S/c21-16-8-12(3-4-15(16)17-9-25-18(22)10-24-17)14-2-1-6-23-19(14)31(29,30)13-5-7-26(11-13)20(27)28/h1-4,6,8-10,13H,5,7,11H2,(H2,22,25)(H,27,28). The van der Waals surface area contributed by atoms with Gasteiger partial charge in [0.25, 0.3) is 0 Å². The van der Waals surface area contributed by atoms with Crippen molar-refractivity contribution in [2.24, 2.45) is 0 Å². The summed E-state index contributed by atoms with van der Waals surface area (Å²) in [5.41, 5.74) is 6.56. The van der Waals surface area contributed by atoms with Gasteiger partial charge >= 0.3 is 6.09 Å². The summed E-state index contributed by atoms with van der Waals surface area (Å²) in [6.07, 6.45) is 3.02. The smallest absolute Gasteiger partial charge is 0.407 e. The van der Waals surface area contributed by atoms with E-state index < -0.39 is 27.0 Å². The molecular formula is C20H18FN5O4S. The summed E-state index contributed by atoms with van der Waals surface area (Å²) in [6.45, 7) is 0.00410. The maximum atomic E-state index is 14.9. The molecule has 1 atom stereocenters. The average molecular weight is 443 g/mol. The number of pyridine rings is 1. The van der Waals surface area contributed by atoms with Crippen molar-refractivity contribution >= 4 is 21.7 Å². The quantitative estimate of drug-likeness (QED) is 0.627. The number of hydrogen-bond acceptors (Lipinski definition) is 7. The number of nitrogen functional groups attached to an aromatic ring is 1. The third-order valence-electron chi connectivity index (χ3n) is 5.12. The molecule has 1 amide bonds. The molecule has 1 unspecified atom stereocenters. The lowest BCUT2D eigenvalue weighted by Crippen LogP contribution is -2.31. The number of halogens is 1. The van der Waals surface area contributed by atoms with Crippen LogP contribution >= 0.6 is 0 Å². The van der Waals surface area contributed by atoms with Gasteiger partial charge in [-0.1, -0.05) is 6.07 Å². The molecule has 1 saturated heterocycles. The number of nitrogens with two attached hydrogens (primary N) is 1. The lowest BCUT2D eigenvalue weighted by atomic mass is 10.0. The van der Waals surface area contributed by atoms with E-state index in [0.717, 1.165) is 4.90 Å². The first-order chi connectivity index (χ1) is 14.8. The summed E-state index contributed by atoms with van der Waals surface area (Å²) in [4.78, 5) is 24.2. The van der Waals surface area contributed by atoms with Crippen LogP contribution in [0.2, 0.25) is 0 Å². The van der Waals surface area contributed by atoms with Crippen molar-refractivity contribution in [2.75, 3.05) is 18.8 Å². The Bertz CT molecular complexity index is 1250. The van der Waals surface area contributed by atoms with Crippen LogP contribution in [0, 0.1) is 5.82 Å². The van der Waals surface area contributed by atoms with Crippen LogP contribution in [0.3, 0.4) is 0 Å². The average Bonchev–Trinajstić information content (AvgIpc) is 3.26. The van der Waals surface area contributed by atoms with Gasteiger partial charge in [-0.05, 0) is 36.2 Å². The number of anilines is 1. The number of amides is 1. The van der Waals surface area contributed by atoms with E-state index in [1.807, 2.05) is 0 Å². The van der Waals surface area contributed by atoms with Gasteiger partial charge in [0.2, 0.25) is 9.84 Å². The Labute approximate surface area is 177 Å². The fourth-order valence-electron chi connectivity index (χ4n) is 3.52. The second-order valence-corrected chi connectivity index (χ2v) is 9.20. The number of hydrogen-bond donors (Lipinski definition) is 2. The SMILES string of the molecule is Nc1cnc(-c2ccc(-c3cccnc3S(=O)(=O)C3CCN(C(=O)O)C3)cc2F)cn1. The van der Waals surface area contributed by atoms with Crippen molar-refractivity contribution < 1.29 is 22.7 Å². The van der Waals surface area contributed by atoms with Crippen LogP contribution in [-0.2, 0) is 9.84 Å². The van der Waals surface area contributed by atoms with Crippen molar-refractivity contribution in [3.8, 4) is 22.4 Å². The first-order valence-electron chi connectivity index (χ1n) is 9.32. The molecule has 11 heteroatoms. The molecule has 1 fully saturated rings. The van der Waals surface area contributed by atoms with E-state index >= 15 is 0 Å². The molecule has 9 nitrogen and oxygen atoms in total. The van der Waals surface area contributed by atoms with Gasteiger partial charge in [0.05, 0.1) is 23.3 Å². The molecule has 0 bridgehead atoms. The molecule has 160 valence electrons. The highest BCUT2D eigenvalue weighted by molar-refractivity contribution is 7.92. The molecule has 1 aliphatic rings. The number of benzene rings is 1. The zero-order valence-corrected chi connectivity index (χ0v) is 17.0. The number of carboxylic acid groups (broad SMARTS) is 1. The van der Waals surface area contributed by atoms with Gasteiger partial charge in [-0.2, -0.15) is 0 Å². The van der Waals surface area contributed by atoms with Gasteiger partial charge in [-0.3, -0.25) is 4.98 Å². The third kappa shape index (κ3) is 3.91. The van der Waals surface area contributed by atoms with Gasteiger partial charge < -0.3 is 15.7 Å². The number of carbonyl (C=O) groups is 1. The fourth-order valence-corrected chi connectivity index (χ4v) is 5.33. The minimum absolute atomic E-state index is 0.128. The monoisotopic (exact) mass is 443 g/mol. The van der Waals surface area contributed by atoms with Gasteiger partial charge in [0.1, 0.15) is 11.6 Å². The van der Waals surface area contributed by atoms with Gasteiger partial charge in [-0.15, -0.1) is 0 Å². The maximum Gasteiger partial charge on any atom is 0.407 e. The van der Waals surface area contributed by atoms with Crippen LogP contribution in [0.1, 0.15) is 6.42 Å². The molecule has 1 aromatic carbocycles. The fraction of sp³-hybridized carbons (Fsp3) is 0.200. The molecule has 1 aliphatic heterocycles. The van der Waals surface area contributed by atoms with Gasteiger partial charge in [-0.25, -0.2) is 27.6 Å². The maximum absolute atomic E-state index is 14.9. The Hall–Kier alpha value is -3.60. The van der Waals surface area contributed by atoms with Crippen molar-refractivity contribution in [2.45, 2.75) is 16.7 Å². The number of aromatic nitrogens is 3. The Morgan fingerprint density at radius 3 is 2.61 bits per heavy atom.